The number of halogens is 3. The van der Waals surface area contributed by atoms with Crippen LogP contribution in [0.3, 0.4) is 0 Å². The second-order valence-electron chi connectivity index (χ2n) is 2.96. The lowest BCUT2D eigenvalue weighted by Crippen LogP contribution is -2.04. The standard InChI is InChI=1S/C10H9ClF2N2O/c1-16-8-4-6(5-11)7(2-3-14)9(15-8)10(12)13/h4,10H,2,5H2,1H3. The van der Waals surface area contributed by atoms with E-state index in [9.17, 15) is 8.78 Å². The van der Waals surface area contributed by atoms with Crippen molar-refractivity contribution in [1.82, 2.24) is 4.98 Å². The van der Waals surface area contributed by atoms with Crippen LogP contribution in [-0.4, -0.2) is 12.1 Å². The molecule has 0 saturated carbocycles. The molecule has 0 amide bonds. The fourth-order valence-electron chi connectivity index (χ4n) is 1.31. The number of nitriles is 1. The van der Waals surface area contributed by atoms with E-state index >= 15 is 0 Å². The number of aromatic nitrogens is 1. The number of nitrogens with zero attached hydrogens (tertiary/aromatic N) is 2. The van der Waals surface area contributed by atoms with Crippen LogP contribution in [0.4, 0.5) is 8.78 Å². The van der Waals surface area contributed by atoms with Crippen LogP contribution < -0.4 is 4.74 Å². The molecule has 16 heavy (non-hydrogen) atoms. The van der Waals surface area contributed by atoms with E-state index in [1.807, 2.05) is 6.07 Å². The summed E-state index contributed by atoms with van der Waals surface area (Å²) >= 11 is 5.64. The lowest BCUT2D eigenvalue weighted by atomic mass is 10.0. The number of ether oxygens (including phenoxy) is 1. The van der Waals surface area contributed by atoms with Crippen LogP contribution in [-0.2, 0) is 12.3 Å². The molecule has 0 fully saturated rings. The second-order valence-corrected chi connectivity index (χ2v) is 3.22. The Kier molecular flexibility index (Phi) is 4.44. The monoisotopic (exact) mass is 246 g/mol. The number of hydrogen-bond acceptors (Lipinski definition) is 3. The molecule has 86 valence electrons. The predicted octanol–water partition coefficient (Wildman–Crippen LogP) is 2.83. The van der Waals surface area contributed by atoms with Gasteiger partial charge in [-0.05, 0) is 11.1 Å². The van der Waals surface area contributed by atoms with Crippen molar-refractivity contribution in [2.24, 2.45) is 0 Å². The molecule has 0 unspecified atom stereocenters. The molecule has 6 heteroatoms. The molecular formula is C10H9ClF2N2O. The molecule has 0 saturated heterocycles. The number of hydrogen-bond donors (Lipinski definition) is 0. The number of pyridine rings is 1. The maximum absolute atomic E-state index is 12.7. The van der Waals surface area contributed by atoms with E-state index in [2.05, 4.69) is 4.98 Å². The largest absolute Gasteiger partial charge is 0.481 e. The Bertz CT molecular complexity index is 418. The van der Waals surface area contributed by atoms with Crippen LogP contribution in [0.1, 0.15) is 23.2 Å². The Morgan fingerprint density at radius 2 is 2.31 bits per heavy atom. The first-order chi connectivity index (χ1) is 7.63. The first kappa shape index (κ1) is 12.7. The first-order valence-electron chi connectivity index (χ1n) is 4.41. The summed E-state index contributed by atoms with van der Waals surface area (Å²) in [4.78, 5) is 3.64. The maximum Gasteiger partial charge on any atom is 0.280 e. The molecule has 1 aromatic rings. The first-order valence-corrected chi connectivity index (χ1v) is 4.95. The summed E-state index contributed by atoms with van der Waals surface area (Å²) in [5.74, 6) is 0.114. The van der Waals surface area contributed by atoms with Crippen molar-refractivity contribution >= 4 is 11.6 Å². The van der Waals surface area contributed by atoms with Crippen molar-refractivity contribution in [3.8, 4) is 11.9 Å². The molecule has 1 rings (SSSR count). The van der Waals surface area contributed by atoms with Gasteiger partial charge in [0, 0.05) is 11.9 Å². The van der Waals surface area contributed by atoms with E-state index in [0.29, 0.717) is 5.56 Å². The minimum absolute atomic E-state index is 0.0373. The summed E-state index contributed by atoms with van der Waals surface area (Å²) in [6, 6.07) is 3.28. The minimum atomic E-state index is -2.75. The summed E-state index contributed by atoms with van der Waals surface area (Å²) in [7, 11) is 1.33. The lowest BCUT2D eigenvalue weighted by Gasteiger charge is -2.11. The highest BCUT2D eigenvalue weighted by molar-refractivity contribution is 6.17. The highest BCUT2D eigenvalue weighted by Gasteiger charge is 2.19. The second kappa shape index (κ2) is 5.61. The molecule has 0 atom stereocenters. The number of rotatable bonds is 4. The zero-order valence-electron chi connectivity index (χ0n) is 8.51. The third-order valence-electron chi connectivity index (χ3n) is 2.04. The molecule has 0 aromatic carbocycles. The Balaban J connectivity index is 3.36. The molecular weight excluding hydrogens is 238 g/mol. The topological polar surface area (TPSA) is 45.9 Å². The average molecular weight is 247 g/mol. The van der Waals surface area contributed by atoms with Crippen molar-refractivity contribution in [2.45, 2.75) is 18.7 Å². The van der Waals surface area contributed by atoms with Crippen molar-refractivity contribution in [3.63, 3.8) is 0 Å². The van der Waals surface area contributed by atoms with Gasteiger partial charge in [-0.15, -0.1) is 11.6 Å². The highest BCUT2D eigenvalue weighted by Crippen LogP contribution is 2.28. The van der Waals surface area contributed by atoms with Gasteiger partial charge in [0.2, 0.25) is 5.88 Å². The van der Waals surface area contributed by atoms with E-state index in [1.54, 1.807) is 0 Å². The van der Waals surface area contributed by atoms with Crippen LogP contribution >= 0.6 is 11.6 Å². The van der Waals surface area contributed by atoms with E-state index in [4.69, 9.17) is 21.6 Å². The fourth-order valence-corrected chi connectivity index (χ4v) is 1.55. The van der Waals surface area contributed by atoms with Gasteiger partial charge in [-0.3, -0.25) is 0 Å². The van der Waals surface area contributed by atoms with Gasteiger partial charge in [0.1, 0.15) is 5.69 Å². The Morgan fingerprint density at radius 1 is 1.62 bits per heavy atom. The number of methoxy groups -OCH3 is 1. The molecule has 0 aliphatic rings. The molecule has 3 nitrogen and oxygen atoms in total. The normalized spacial score (nSPS) is 10.2. The van der Waals surface area contributed by atoms with Crippen LogP contribution in [0, 0.1) is 11.3 Å². The van der Waals surface area contributed by atoms with Crippen LogP contribution in [0.25, 0.3) is 0 Å². The maximum atomic E-state index is 12.7. The van der Waals surface area contributed by atoms with Crippen molar-refractivity contribution in [1.29, 1.82) is 5.26 Å². The van der Waals surface area contributed by atoms with Gasteiger partial charge in [-0.25, -0.2) is 13.8 Å². The van der Waals surface area contributed by atoms with Crippen molar-refractivity contribution in [2.75, 3.05) is 7.11 Å². The molecule has 0 bridgehead atoms. The summed E-state index contributed by atoms with van der Waals surface area (Å²) in [5.41, 5.74) is 0.204. The van der Waals surface area contributed by atoms with Gasteiger partial charge in [0.15, 0.2) is 0 Å². The average Bonchev–Trinajstić information content (AvgIpc) is 2.29. The smallest absolute Gasteiger partial charge is 0.280 e. The van der Waals surface area contributed by atoms with Gasteiger partial charge in [-0.2, -0.15) is 5.26 Å². The fraction of sp³-hybridized carbons (Fsp3) is 0.400. The zero-order chi connectivity index (χ0) is 12.1. The third-order valence-corrected chi connectivity index (χ3v) is 2.33. The van der Waals surface area contributed by atoms with Crippen molar-refractivity contribution in [3.05, 3.63) is 22.9 Å². The molecule has 1 heterocycles. The van der Waals surface area contributed by atoms with Gasteiger partial charge in [-0.1, -0.05) is 0 Å². The van der Waals surface area contributed by atoms with Crippen molar-refractivity contribution < 1.29 is 13.5 Å². The van der Waals surface area contributed by atoms with Gasteiger partial charge in [0.25, 0.3) is 6.43 Å². The molecule has 0 aliphatic heterocycles. The lowest BCUT2D eigenvalue weighted by molar-refractivity contribution is 0.143. The third kappa shape index (κ3) is 2.58. The van der Waals surface area contributed by atoms with Crippen LogP contribution in [0.2, 0.25) is 0 Å². The highest BCUT2D eigenvalue weighted by atomic mass is 35.5. The SMILES string of the molecule is COc1cc(CCl)c(CC#N)c(C(F)F)n1. The molecule has 0 spiro atoms. The van der Waals surface area contributed by atoms with E-state index < -0.39 is 12.1 Å². The summed E-state index contributed by atoms with van der Waals surface area (Å²) < 4.78 is 30.2. The predicted molar refractivity (Wildman–Crippen MR) is 54.6 cm³/mol. The molecule has 1 aromatic heterocycles. The summed E-state index contributed by atoms with van der Waals surface area (Å²) in [5, 5.41) is 8.58. The quantitative estimate of drug-likeness (QED) is 0.768. The van der Waals surface area contributed by atoms with E-state index in [0.717, 1.165) is 0 Å². The van der Waals surface area contributed by atoms with Gasteiger partial charge < -0.3 is 4.74 Å². The Labute approximate surface area is 96.6 Å². The van der Waals surface area contributed by atoms with Gasteiger partial charge in [0.05, 0.1) is 19.6 Å². The van der Waals surface area contributed by atoms with Gasteiger partial charge >= 0.3 is 0 Å². The van der Waals surface area contributed by atoms with E-state index in [1.165, 1.54) is 13.2 Å². The zero-order valence-corrected chi connectivity index (χ0v) is 9.26. The summed E-state index contributed by atoms with van der Waals surface area (Å²) in [6.45, 7) is 0. The number of alkyl halides is 3. The van der Waals surface area contributed by atoms with Crippen LogP contribution in [0.15, 0.2) is 6.07 Å². The Morgan fingerprint density at radius 3 is 2.75 bits per heavy atom. The molecule has 0 aliphatic carbocycles. The summed E-state index contributed by atoms with van der Waals surface area (Å²) in [6.07, 6.45) is -2.89. The van der Waals surface area contributed by atoms with Crippen LogP contribution in [0.5, 0.6) is 5.88 Å². The minimum Gasteiger partial charge on any atom is -0.481 e. The Hall–Kier alpha value is -1.41. The molecule has 0 N–H and O–H groups in total. The van der Waals surface area contributed by atoms with E-state index in [-0.39, 0.29) is 23.7 Å². The molecule has 0 radical (unpaired) electrons.